The number of nitrogens with two attached hydrogens (primary N) is 1. The van der Waals surface area contributed by atoms with Gasteiger partial charge in [-0.25, -0.2) is 0 Å². The number of rotatable bonds is 2. The highest BCUT2D eigenvalue weighted by Crippen LogP contribution is 2.18. The second-order valence-electron chi connectivity index (χ2n) is 4.80. The van der Waals surface area contributed by atoms with E-state index in [-0.39, 0.29) is 5.91 Å². The Morgan fingerprint density at radius 2 is 2.14 bits per heavy atom. The molecule has 0 radical (unpaired) electrons. The Hall–Kier alpha value is -2.58. The third kappa shape index (κ3) is 3.30. The van der Waals surface area contributed by atoms with Gasteiger partial charge in [0.25, 0.3) is 5.91 Å². The Bertz CT molecular complexity index is 715. The van der Waals surface area contributed by atoms with E-state index in [2.05, 4.69) is 27.4 Å². The molecule has 108 valence electrons. The van der Waals surface area contributed by atoms with Crippen molar-refractivity contribution < 1.29 is 4.79 Å². The van der Waals surface area contributed by atoms with Crippen LogP contribution < -0.4 is 11.1 Å². The molecule has 1 aromatic heterocycles. The smallest absolute Gasteiger partial charge is 0.255 e. The minimum Gasteiger partial charge on any atom is -0.320 e. The molecule has 21 heavy (non-hydrogen) atoms. The quantitative estimate of drug-likeness (QED) is 0.736. The zero-order valence-corrected chi connectivity index (χ0v) is 12.4. The molecule has 5 heteroatoms. The highest BCUT2D eigenvalue weighted by molar-refractivity contribution is 6.05. The van der Waals surface area contributed by atoms with Gasteiger partial charge in [-0.15, -0.1) is 0 Å². The van der Waals surface area contributed by atoms with Gasteiger partial charge >= 0.3 is 0 Å². The molecule has 1 heterocycles. The molecule has 2 aromatic rings. The van der Waals surface area contributed by atoms with Gasteiger partial charge in [-0.2, -0.15) is 5.10 Å². The first-order valence-electron chi connectivity index (χ1n) is 6.65. The summed E-state index contributed by atoms with van der Waals surface area (Å²) in [7, 11) is 0. The SMILES string of the molecule is Cc1ccc(C(=O)Nc2c(C)n[nH]c2C)cc1C#CCN. The van der Waals surface area contributed by atoms with Crippen LogP contribution in [0.2, 0.25) is 0 Å². The van der Waals surface area contributed by atoms with Crippen molar-refractivity contribution in [1.29, 1.82) is 0 Å². The third-order valence-corrected chi connectivity index (χ3v) is 3.19. The maximum atomic E-state index is 12.3. The lowest BCUT2D eigenvalue weighted by molar-refractivity contribution is 0.102. The van der Waals surface area contributed by atoms with E-state index in [0.717, 1.165) is 28.2 Å². The Morgan fingerprint density at radius 1 is 1.38 bits per heavy atom. The van der Waals surface area contributed by atoms with Gasteiger partial charge in [0.05, 0.1) is 23.6 Å². The molecule has 0 saturated carbocycles. The van der Waals surface area contributed by atoms with Gasteiger partial charge in [-0.05, 0) is 38.5 Å². The monoisotopic (exact) mass is 282 g/mol. The molecule has 5 nitrogen and oxygen atoms in total. The third-order valence-electron chi connectivity index (χ3n) is 3.19. The maximum absolute atomic E-state index is 12.3. The molecule has 0 fully saturated rings. The van der Waals surface area contributed by atoms with Crippen LogP contribution >= 0.6 is 0 Å². The number of benzene rings is 1. The predicted molar refractivity (Wildman–Crippen MR) is 83.1 cm³/mol. The molecule has 1 aromatic carbocycles. The molecule has 2 rings (SSSR count). The molecule has 0 spiro atoms. The fraction of sp³-hybridized carbons (Fsp3) is 0.250. The molecular formula is C16H18N4O. The first-order valence-corrected chi connectivity index (χ1v) is 6.65. The Kier molecular flexibility index (Phi) is 4.41. The molecule has 0 unspecified atom stereocenters. The van der Waals surface area contributed by atoms with Crippen molar-refractivity contribution >= 4 is 11.6 Å². The number of aromatic nitrogens is 2. The lowest BCUT2D eigenvalue weighted by Crippen LogP contribution is -2.13. The van der Waals surface area contributed by atoms with Crippen LogP contribution in [0, 0.1) is 32.6 Å². The van der Waals surface area contributed by atoms with Gasteiger partial charge in [-0.3, -0.25) is 9.89 Å². The number of aromatic amines is 1. The molecule has 1 amide bonds. The van der Waals surface area contributed by atoms with Crippen LogP contribution in [0.1, 0.15) is 32.9 Å². The number of hydrogen-bond donors (Lipinski definition) is 3. The number of carbonyl (C=O) groups excluding carboxylic acids is 1. The summed E-state index contributed by atoms with van der Waals surface area (Å²) < 4.78 is 0. The molecule has 0 aliphatic carbocycles. The molecule has 0 saturated heterocycles. The van der Waals surface area contributed by atoms with Crippen LogP contribution in [0.4, 0.5) is 5.69 Å². The zero-order valence-electron chi connectivity index (χ0n) is 12.4. The first kappa shape index (κ1) is 14.8. The van der Waals surface area contributed by atoms with Crippen molar-refractivity contribution in [1.82, 2.24) is 10.2 Å². The second kappa shape index (κ2) is 6.25. The summed E-state index contributed by atoms with van der Waals surface area (Å²) >= 11 is 0. The highest BCUT2D eigenvalue weighted by Gasteiger charge is 2.12. The minimum atomic E-state index is -0.182. The van der Waals surface area contributed by atoms with Crippen LogP contribution in [0.15, 0.2) is 18.2 Å². The number of amides is 1. The summed E-state index contributed by atoms with van der Waals surface area (Å²) in [5, 5.41) is 9.77. The average Bonchev–Trinajstić information content (AvgIpc) is 2.78. The topological polar surface area (TPSA) is 83.8 Å². The lowest BCUT2D eigenvalue weighted by atomic mass is 10.0. The van der Waals surface area contributed by atoms with Gasteiger partial charge in [0.15, 0.2) is 0 Å². The van der Waals surface area contributed by atoms with Crippen molar-refractivity contribution in [2.75, 3.05) is 11.9 Å². The van der Waals surface area contributed by atoms with Crippen LogP contribution in [0.3, 0.4) is 0 Å². The van der Waals surface area contributed by atoms with Crippen molar-refractivity contribution in [3.63, 3.8) is 0 Å². The number of nitrogens with zero attached hydrogens (tertiary/aromatic N) is 1. The van der Waals surface area contributed by atoms with Gasteiger partial charge in [-0.1, -0.05) is 17.9 Å². The normalized spacial score (nSPS) is 9.90. The Labute approximate surface area is 123 Å². The standard InChI is InChI=1S/C16H18N4O/c1-10-6-7-14(9-13(10)5-4-8-17)16(21)18-15-11(2)19-20-12(15)3/h6-7,9H,8,17H2,1-3H3,(H,18,21)(H,19,20). The summed E-state index contributed by atoms with van der Waals surface area (Å²) in [5.41, 5.74) is 10.1. The largest absolute Gasteiger partial charge is 0.320 e. The summed E-state index contributed by atoms with van der Waals surface area (Å²) in [5.74, 6) is 5.60. The number of carbonyl (C=O) groups is 1. The minimum absolute atomic E-state index is 0.182. The van der Waals surface area contributed by atoms with Crippen LogP contribution in [-0.2, 0) is 0 Å². The Balaban J connectivity index is 2.28. The van der Waals surface area contributed by atoms with E-state index in [1.165, 1.54) is 0 Å². The summed E-state index contributed by atoms with van der Waals surface area (Å²) in [4.78, 5) is 12.3. The van der Waals surface area contributed by atoms with Crippen LogP contribution in [0.25, 0.3) is 0 Å². The average molecular weight is 282 g/mol. The van der Waals surface area contributed by atoms with Gasteiger partial charge < -0.3 is 11.1 Å². The number of anilines is 1. The van der Waals surface area contributed by atoms with Crippen LogP contribution in [0.5, 0.6) is 0 Å². The van der Waals surface area contributed by atoms with E-state index < -0.39 is 0 Å². The van der Waals surface area contributed by atoms with Crippen molar-refractivity contribution in [2.45, 2.75) is 20.8 Å². The molecule has 4 N–H and O–H groups in total. The van der Waals surface area contributed by atoms with Crippen molar-refractivity contribution in [2.24, 2.45) is 5.73 Å². The zero-order chi connectivity index (χ0) is 15.4. The molecule has 0 atom stereocenters. The predicted octanol–water partition coefficient (Wildman–Crippen LogP) is 1.90. The molecular weight excluding hydrogens is 264 g/mol. The maximum Gasteiger partial charge on any atom is 0.255 e. The Morgan fingerprint density at radius 3 is 2.76 bits per heavy atom. The molecule has 0 aliphatic heterocycles. The van der Waals surface area contributed by atoms with Crippen molar-refractivity contribution in [3.05, 3.63) is 46.3 Å². The van der Waals surface area contributed by atoms with Gasteiger partial charge in [0.1, 0.15) is 0 Å². The lowest BCUT2D eigenvalue weighted by Gasteiger charge is -2.07. The van der Waals surface area contributed by atoms with E-state index in [0.29, 0.717) is 12.1 Å². The molecule has 0 bridgehead atoms. The van der Waals surface area contributed by atoms with Crippen molar-refractivity contribution in [3.8, 4) is 11.8 Å². The summed E-state index contributed by atoms with van der Waals surface area (Å²) in [6, 6.07) is 5.44. The number of hydrogen-bond acceptors (Lipinski definition) is 3. The van der Waals surface area contributed by atoms with Crippen LogP contribution in [-0.4, -0.2) is 22.6 Å². The second-order valence-corrected chi connectivity index (χ2v) is 4.80. The van der Waals surface area contributed by atoms with E-state index >= 15 is 0 Å². The number of H-pyrrole nitrogens is 1. The van der Waals surface area contributed by atoms with E-state index in [1.54, 1.807) is 12.1 Å². The first-order chi connectivity index (χ1) is 10.0. The summed E-state index contributed by atoms with van der Waals surface area (Å²) in [6.07, 6.45) is 0. The van der Waals surface area contributed by atoms with E-state index in [4.69, 9.17) is 5.73 Å². The van der Waals surface area contributed by atoms with Gasteiger partial charge in [0, 0.05) is 11.1 Å². The van der Waals surface area contributed by atoms with E-state index in [9.17, 15) is 4.79 Å². The highest BCUT2D eigenvalue weighted by atomic mass is 16.1. The fourth-order valence-electron chi connectivity index (χ4n) is 1.96. The number of aryl methyl sites for hydroxylation is 3. The summed E-state index contributed by atoms with van der Waals surface area (Å²) in [6.45, 7) is 5.95. The molecule has 0 aliphatic rings. The van der Waals surface area contributed by atoms with Gasteiger partial charge in [0.2, 0.25) is 0 Å². The van der Waals surface area contributed by atoms with E-state index in [1.807, 2.05) is 26.8 Å². The number of nitrogens with one attached hydrogen (secondary N) is 2. The fourth-order valence-corrected chi connectivity index (χ4v) is 1.96.